The third-order valence-corrected chi connectivity index (χ3v) is 6.94. The Morgan fingerprint density at radius 1 is 1.21 bits per heavy atom. The second-order valence-corrected chi connectivity index (χ2v) is 8.73. The van der Waals surface area contributed by atoms with Crippen LogP contribution in [0.2, 0.25) is 0 Å². The monoisotopic (exact) mass is 454 g/mol. The predicted octanol–water partition coefficient (Wildman–Crippen LogP) is 0.460. The van der Waals surface area contributed by atoms with Gasteiger partial charge in [-0.3, -0.25) is 4.79 Å². The van der Waals surface area contributed by atoms with E-state index in [9.17, 15) is 14.7 Å². The van der Waals surface area contributed by atoms with Crippen LogP contribution < -0.4 is 4.74 Å². The molecule has 3 aliphatic rings. The summed E-state index contributed by atoms with van der Waals surface area (Å²) in [6, 6.07) is 5.45. The van der Waals surface area contributed by atoms with Crippen molar-refractivity contribution < 1.29 is 24.2 Å². The molecule has 2 aromatic rings. The van der Waals surface area contributed by atoms with Gasteiger partial charge in [-0.25, -0.2) is 9.48 Å². The van der Waals surface area contributed by atoms with Gasteiger partial charge < -0.3 is 24.4 Å². The van der Waals surface area contributed by atoms with Gasteiger partial charge in [-0.05, 0) is 48.8 Å². The number of aliphatic hydroxyl groups excluding tert-OH is 1. The summed E-state index contributed by atoms with van der Waals surface area (Å²) in [6.07, 6.45) is 4.41. The molecule has 33 heavy (non-hydrogen) atoms. The molecule has 0 radical (unpaired) electrons. The van der Waals surface area contributed by atoms with E-state index in [1.807, 2.05) is 12.1 Å². The van der Waals surface area contributed by atoms with E-state index >= 15 is 0 Å². The number of carbonyl (C=O) groups is 2. The third kappa shape index (κ3) is 3.98. The van der Waals surface area contributed by atoms with Gasteiger partial charge in [-0.2, -0.15) is 0 Å². The first kappa shape index (κ1) is 21.5. The zero-order valence-electron chi connectivity index (χ0n) is 18.4. The van der Waals surface area contributed by atoms with Gasteiger partial charge in [0.2, 0.25) is 5.91 Å². The molecule has 1 atom stereocenters. The second kappa shape index (κ2) is 8.56. The summed E-state index contributed by atoms with van der Waals surface area (Å²) in [7, 11) is 1.56. The molecule has 0 aliphatic carbocycles. The van der Waals surface area contributed by atoms with E-state index in [1.54, 1.807) is 18.1 Å². The summed E-state index contributed by atoms with van der Waals surface area (Å²) in [4.78, 5) is 28.4. The number of benzene rings is 1. The van der Waals surface area contributed by atoms with Gasteiger partial charge in [0.25, 0.3) is 0 Å². The number of aromatic nitrogens is 4. The minimum Gasteiger partial charge on any atom is -0.496 e. The summed E-state index contributed by atoms with van der Waals surface area (Å²) >= 11 is 0. The number of aliphatic hydroxyl groups is 1. The first-order chi connectivity index (χ1) is 16.0. The molecule has 4 heterocycles. The average Bonchev–Trinajstić information content (AvgIpc) is 3.57. The smallest absolute Gasteiger partial charge is 0.333 e. The predicted molar refractivity (Wildman–Crippen MR) is 114 cm³/mol. The Labute approximate surface area is 190 Å². The minimum absolute atomic E-state index is 0.0899. The summed E-state index contributed by atoms with van der Waals surface area (Å²) in [5.74, 6) is 0.267. The highest BCUT2D eigenvalue weighted by molar-refractivity contribution is 5.90. The molecule has 0 saturated carbocycles. The molecule has 1 aromatic carbocycles. The number of likely N-dealkylation sites (tertiary alicyclic amines) is 2. The number of ether oxygens (including phenoxy) is 2. The first-order valence-electron chi connectivity index (χ1n) is 11.0. The van der Waals surface area contributed by atoms with E-state index in [4.69, 9.17) is 9.47 Å². The number of nitrogens with zero attached hydrogens (tertiary/aromatic N) is 6. The van der Waals surface area contributed by atoms with Crippen LogP contribution in [0.4, 0.5) is 0 Å². The van der Waals surface area contributed by atoms with Crippen LogP contribution in [0.5, 0.6) is 5.75 Å². The number of carbonyl (C=O) groups excluding carboxylic acids is 2. The van der Waals surface area contributed by atoms with Gasteiger partial charge >= 0.3 is 5.97 Å². The SMILES string of the molecule is COc1cc(-n2cnnn2)ccc1[C@H](O)CN1CCC2(CC1)CCN(C1=CC(=O)OC1)C2=O. The summed E-state index contributed by atoms with van der Waals surface area (Å²) in [5.41, 5.74) is 1.70. The maximum absolute atomic E-state index is 13.2. The molecule has 5 rings (SSSR count). The third-order valence-electron chi connectivity index (χ3n) is 6.94. The molecule has 174 valence electrons. The Morgan fingerprint density at radius 2 is 2.00 bits per heavy atom. The Balaban J connectivity index is 1.21. The van der Waals surface area contributed by atoms with Crippen LogP contribution in [-0.4, -0.2) is 86.9 Å². The molecule has 1 N–H and O–H groups in total. The molecule has 0 bridgehead atoms. The van der Waals surface area contributed by atoms with Gasteiger partial charge in [0.05, 0.1) is 30.0 Å². The van der Waals surface area contributed by atoms with E-state index in [-0.39, 0.29) is 23.9 Å². The molecule has 11 heteroatoms. The number of methoxy groups -OCH3 is 1. The van der Waals surface area contributed by atoms with Crippen LogP contribution >= 0.6 is 0 Å². The minimum atomic E-state index is -0.737. The van der Waals surface area contributed by atoms with Crippen molar-refractivity contribution in [2.45, 2.75) is 25.4 Å². The Bertz CT molecular complexity index is 1080. The van der Waals surface area contributed by atoms with Gasteiger partial charge in [0.1, 0.15) is 18.7 Å². The number of piperidine rings is 1. The van der Waals surface area contributed by atoms with Gasteiger partial charge in [0, 0.05) is 30.8 Å². The summed E-state index contributed by atoms with van der Waals surface area (Å²) < 4.78 is 12.0. The zero-order chi connectivity index (χ0) is 23.0. The molecule has 1 spiro atoms. The highest BCUT2D eigenvalue weighted by Crippen LogP contribution is 2.43. The number of rotatable bonds is 6. The highest BCUT2D eigenvalue weighted by atomic mass is 16.5. The van der Waals surface area contributed by atoms with Crippen LogP contribution in [0.25, 0.3) is 5.69 Å². The molecule has 2 fully saturated rings. The molecular weight excluding hydrogens is 428 g/mol. The van der Waals surface area contributed by atoms with E-state index in [0.29, 0.717) is 30.1 Å². The van der Waals surface area contributed by atoms with Crippen molar-refractivity contribution in [3.8, 4) is 11.4 Å². The number of tetrazole rings is 1. The lowest BCUT2D eigenvalue weighted by molar-refractivity contribution is -0.138. The van der Waals surface area contributed by atoms with E-state index in [2.05, 4.69) is 20.4 Å². The quantitative estimate of drug-likeness (QED) is 0.620. The van der Waals surface area contributed by atoms with Crippen molar-refractivity contribution in [1.82, 2.24) is 30.0 Å². The van der Waals surface area contributed by atoms with Crippen LogP contribution in [0.1, 0.15) is 30.9 Å². The number of hydrogen-bond donors (Lipinski definition) is 1. The zero-order valence-corrected chi connectivity index (χ0v) is 18.4. The maximum Gasteiger partial charge on any atom is 0.333 e. The lowest BCUT2D eigenvalue weighted by Crippen LogP contribution is -2.45. The number of β-amino-alcohol motifs (C(OH)–C–C–N with tert-alkyl or cyclic N) is 1. The molecule has 3 aliphatic heterocycles. The van der Waals surface area contributed by atoms with Crippen molar-refractivity contribution in [1.29, 1.82) is 0 Å². The fraction of sp³-hybridized carbons (Fsp3) is 0.500. The van der Waals surface area contributed by atoms with Crippen molar-refractivity contribution in [2.24, 2.45) is 5.41 Å². The van der Waals surface area contributed by atoms with Gasteiger partial charge in [-0.1, -0.05) is 6.07 Å². The largest absolute Gasteiger partial charge is 0.496 e. The van der Waals surface area contributed by atoms with Crippen LogP contribution in [-0.2, 0) is 14.3 Å². The van der Waals surface area contributed by atoms with Crippen LogP contribution in [0, 0.1) is 5.41 Å². The number of amides is 1. The van der Waals surface area contributed by atoms with E-state index in [0.717, 1.165) is 38.0 Å². The molecule has 0 unspecified atom stereocenters. The normalized spacial score (nSPS) is 21.4. The van der Waals surface area contributed by atoms with Gasteiger partial charge in [-0.15, -0.1) is 5.10 Å². The molecule has 1 amide bonds. The second-order valence-electron chi connectivity index (χ2n) is 8.73. The first-order valence-corrected chi connectivity index (χ1v) is 11.0. The molecular formula is C22H26N6O5. The number of cyclic esters (lactones) is 1. The van der Waals surface area contributed by atoms with Crippen molar-refractivity contribution >= 4 is 11.9 Å². The van der Waals surface area contributed by atoms with E-state index in [1.165, 1.54) is 17.1 Å². The van der Waals surface area contributed by atoms with E-state index < -0.39 is 6.10 Å². The van der Waals surface area contributed by atoms with Crippen LogP contribution in [0.15, 0.2) is 36.3 Å². The van der Waals surface area contributed by atoms with Crippen molar-refractivity contribution in [3.63, 3.8) is 0 Å². The average molecular weight is 454 g/mol. The van der Waals surface area contributed by atoms with Crippen molar-refractivity contribution in [3.05, 3.63) is 41.9 Å². The maximum atomic E-state index is 13.2. The highest BCUT2D eigenvalue weighted by Gasteiger charge is 2.49. The fourth-order valence-electron chi connectivity index (χ4n) is 4.98. The Kier molecular flexibility index (Phi) is 5.59. The van der Waals surface area contributed by atoms with Crippen molar-refractivity contribution in [2.75, 3.05) is 39.9 Å². The summed E-state index contributed by atoms with van der Waals surface area (Å²) in [5, 5.41) is 22.1. The Morgan fingerprint density at radius 3 is 2.67 bits per heavy atom. The topological polar surface area (TPSA) is 123 Å². The van der Waals surface area contributed by atoms with Gasteiger partial charge in [0.15, 0.2) is 0 Å². The molecule has 1 aromatic heterocycles. The Hall–Kier alpha value is -3.31. The number of esters is 1. The molecule has 11 nitrogen and oxygen atoms in total. The number of hydrogen-bond acceptors (Lipinski definition) is 9. The lowest BCUT2D eigenvalue weighted by Gasteiger charge is -2.38. The molecule has 2 saturated heterocycles. The van der Waals surface area contributed by atoms with Crippen LogP contribution in [0.3, 0.4) is 0 Å². The summed E-state index contributed by atoms with van der Waals surface area (Å²) in [6.45, 7) is 2.68. The lowest BCUT2D eigenvalue weighted by atomic mass is 9.77. The fourth-order valence-corrected chi connectivity index (χ4v) is 4.98. The standard InChI is InChI=1S/C22H26N6O5/c1-32-19-10-15(28-14-23-24-25-28)2-3-17(19)18(29)12-26-7-4-22(5-8-26)6-9-27(21(22)31)16-11-20(30)33-13-16/h2-3,10-11,14,18,29H,4-9,12-13H2,1H3/t18-/m1/s1.